The Kier molecular flexibility index (Phi) is 6.35. The second-order valence-corrected chi connectivity index (χ2v) is 4.21. The lowest BCUT2D eigenvalue weighted by Gasteiger charge is -2.09. The summed E-state index contributed by atoms with van der Waals surface area (Å²) in [5.41, 5.74) is 0. The maximum Gasteiger partial charge on any atom is 0.237 e. The highest BCUT2D eigenvalue weighted by Crippen LogP contribution is 2.06. The number of carbonyl (C=O) groups excluding carboxylic acids is 1. The number of halogens is 2. The molecule has 0 radical (unpaired) electrons. The van der Waals surface area contributed by atoms with E-state index in [2.05, 4.69) is 33.1 Å². The predicted octanol–water partition coefficient (Wildman–Crippen LogP) is 0.156. The van der Waals surface area contributed by atoms with Crippen molar-refractivity contribution in [1.29, 1.82) is 0 Å². The van der Waals surface area contributed by atoms with Gasteiger partial charge in [-0.25, -0.2) is 0 Å². The topological polar surface area (TPSA) is 61.4 Å². The Morgan fingerprint density at radius 1 is 1.71 bits per heavy atom. The fourth-order valence-electron chi connectivity index (χ4n) is 1.22. The summed E-state index contributed by atoms with van der Waals surface area (Å²) in [4.78, 5) is 11.3. The van der Waals surface area contributed by atoms with Gasteiger partial charge < -0.3 is 15.7 Å². The summed E-state index contributed by atoms with van der Waals surface area (Å²) >= 11 is 3.14. The van der Waals surface area contributed by atoms with Crippen LogP contribution in [0, 0.1) is 0 Å². The first-order chi connectivity index (χ1) is 6.09. The third-order valence-corrected chi connectivity index (χ3v) is 2.16. The third kappa shape index (κ3) is 4.41. The Labute approximate surface area is 97.7 Å². The van der Waals surface area contributed by atoms with Gasteiger partial charge in [0, 0.05) is 17.6 Å². The molecule has 0 aromatic carbocycles. The SMILES string of the molecule is C=C(Br)CNC(=O)C1CC(O)CN1.Cl. The third-order valence-electron chi connectivity index (χ3n) is 1.88. The molecular formula is C8H14BrClN2O2. The van der Waals surface area contributed by atoms with Crippen molar-refractivity contribution in [2.24, 2.45) is 0 Å². The minimum Gasteiger partial charge on any atom is -0.392 e. The molecule has 1 rings (SSSR count). The molecule has 0 saturated carbocycles. The molecule has 1 aliphatic rings. The van der Waals surface area contributed by atoms with Gasteiger partial charge in [-0.2, -0.15) is 0 Å². The van der Waals surface area contributed by atoms with E-state index in [9.17, 15) is 4.79 Å². The Hall–Kier alpha value is -0.100. The van der Waals surface area contributed by atoms with Gasteiger partial charge in [-0.3, -0.25) is 4.79 Å². The van der Waals surface area contributed by atoms with Crippen LogP contribution in [-0.4, -0.2) is 36.2 Å². The fraction of sp³-hybridized carbons (Fsp3) is 0.625. The molecule has 6 heteroatoms. The summed E-state index contributed by atoms with van der Waals surface area (Å²) in [6.45, 7) is 4.52. The molecule has 82 valence electrons. The second kappa shape index (κ2) is 6.40. The monoisotopic (exact) mass is 284 g/mol. The standard InChI is InChI=1S/C8H13BrN2O2.ClH/c1-5(9)3-11-8(13)7-2-6(12)4-10-7;/h6-7,10,12H,1-4H2,(H,11,13);1H. The highest BCUT2D eigenvalue weighted by Gasteiger charge is 2.27. The number of β-amino-alcohol motifs (C(OH)–C–C–N with tert-alkyl or cyclic N) is 1. The predicted molar refractivity (Wildman–Crippen MR) is 60.7 cm³/mol. The molecule has 1 aliphatic heterocycles. The number of aliphatic hydroxyl groups is 1. The van der Waals surface area contributed by atoms with Crippen molar-refractivity contribution in [3.63, 3.8) is 0 Å². The number of hydrogen-bond acceptors (Lipinski definition) is 3. The molecule has 2 atom stereocenters. The van der Waals surface area contributed by atoms with E-state index in [1.807, 2.05) is 0 Å². The summed E-state index contributed by atoms with van der Waals surface area (Å²) in [6.07, 6.45) is 0.0866. The molecular weight excluding hydrogens is 271 g/mol. The van der Waals surface area contributed by atoms with Gasteiger partial charge in [0.15, 0.2) is 0 Å². The number of rotatable bonds is 3. The summed E-state index contributed by atoms with van der Waals surface area (Å²) in [7, 11) is 0. The van der Waals surface area contributed by atoms with Crippen molar-refractivity contribution < 1.29 is 9.90 Å². The van der Waals surface area contributed by atoms with Crippen LogP contribution in [0.2, 0.25) is 0 Å². The highest BCUT2D eigenvalue weighted by atomic mass is 79.9. The van der Waals surface area contributed by atoms with Crippen molar-refractivity contribution in [2.45, 2.75) is 18.6 Å². The molecule has 0 spiro atoms. The second-order valence-electron chi connectivity index (χ2n) is 3.09. The van der Waals surface area contributed by atoms with E-state index in [4.69, 9.17) is 5.11 Å². The van der Waals surface area contributed by atoms with Crippen LogP contribution < -0.4 is 10.6 Å². The largest absolute Gasteiger partial charge is 0.392 e. The lowest BCUT2D eigenvalue weighted by Crippen LogP contribution is -2.40. The van der Waals surface area contributed by atoms with Gasteiger partial charge in [0.25, 0.3) is 0 Å². The Bertz CT molecular complexity index is 225. The molecule has 0 aromatic heterocycles. The first-order valence-electron chi connectivity index (χ1n) is 4.12. The Morgan fingerprint density at radius 2 is 2.36 bits per heavy atom. The Morgan fingerprint density at radius 3 is 2.79 bits per heavy atom. The lowest BCUT2D eigenvalue weighted by atomic mass is 10.2. The lowest BCUT2D eigenvalue weighted by molar-refractivity contribution is -0.122. The minimum absolute atomic E-state index is 0. The Balaban J connectivity index is 0.00000169. The van der Waals surface area contributed by atoms with E-state index in [0.29, 0.717) is 19.5 Å². The molecule has 1 saturated heterocycles. The summed E-state index contributed by atoms with van der Waals surface area (Å²) in [5.74, 6) is -0.0860. The van der Waals surface area contributed by atoms with E-state index < -0.39 is 6.10 Å². The number of nitrogens with one attached hydrogen (secondary N) is 2. The molecule has 2 unspecified atom stereocenters. The van der Waals surface area contributed by atoms with Gasteiger partial charge in [0.05, 0.1) is 12.1 Å². The summed E-state index contributed by atoms with van der Waals surface area (Å²) in [6, 6.07) is -0.262. The number of aliphatic hydroxyl groups excluding tert-OH is 1. The van der Waals surface area contributed by atoms with E-state index in [-0.39, 0.29) is 24.4 Å². The molecule has 4 nitrogen and oxygen atoms in total. The zero-order valence-corrected chi connectivity index (χ0v) is 10.0. The smallest absolute Gasteiger partial charge is 0.237 e. The molecule has 3 N–H and O–H groups in total. The summed E-state index contributed by atoms with van der Waals surface area (Å²) in [5, 5.41) is 14.8. The number of carbonyl (C=O) groups is 1. The van der Waals surface area contributed by atoms with Crippen LogP contribution in [0.15, 0.2) is 11.1 Å². The van der Waals surface area contributed by atoms with Crippen LogP contribution in [0.3, 0.4) is 0 Å². The van der Waals surface area contributed by atoms with Crippen LogP contribution in [0.1, 0.15) is 6.42 Å². The first kappa shape index (κ1) is 13.9. The van der Waals surface area contributed by atoms with Gasteiger partial charge in [-0.1, -0.05) is 22.5 Å². The number of hydrogen-bond donors (Lipinski definition) is 3. The fourth-order valence-corrected chi connectivity index (χ4v) is 1.36. The van der Waals surface area contributed by atoms with Crippen molar-refractivity contribution >= 4 is 34.2 Å². The van der Waals surface area contributed by atoms with Crippen molar-refractivity contribution in [3.05, 3.63) is 11.1 Å². The van der Waals surface area contributed by atoms with E-state index in [1.54, 1.807) is 0 Å². The first-order valence-corrected chi connectivity index (χ1v) is 4.91. The van der Waals surface area contributed by atoms with E-state index in [0.717, 1.165) is 4.48 Å². The molecule has 1 heterocycles. The molecule has 14 heavy (non-hydrogen) atoms. The maximum atomic E-state index is 11.3. The van der Waals surface area contributed by atoms with Crippen LogP contribution in [0.5, 0.6) is 0 Å². The maximum absolute atomic E-state index is 11.3. The zero-order valence-electron chi connectivity index (χ0n) is 7.62. The quantitative estimate of drug-likeness (QED) is 0.692. The van der Waals surface area contributed by atoms with Crippen LogP contribution >= 0.6 is 28.3 Å². The molecule has 0 bridgehead atoms. The average Bonchev–Trinajstić information content (AvgIpc) is 2.47. The number of amides is 1. The molecule has 1 amide bonds. The van der Waals surface area contributed by atoms with Gasteiger partial charge >= 0.3 is 0 Å². The van der Waals surface area contributed by atoms with Crippen molar-refractivity contribution in [2.75, 3.05) is 13.1 Å². The van der Waals surface area contributed by atoms with Crippen LogP contribution in [-0.2, 0) is 4.79 Å². The molecule has 0 aromatic rings. The summed E-state index contributed by atoms with van der Waals surface area (Å²) < 4.78 is 0.736. The normalized spacial score (nSPS) is 25.3. The van der Waals surface area contributed by atoms with Gasteiger partial charge in [0.2, 0.25) is 5.91 Å². The van der Waals surface area contributed by atoms with Crippen LogP contribution in [0.25, 0.3) is 0 Å². The van der Waals surface area contributed by atoms with Crippen LogP contribution in [0.4, 0.5) is 0 Å². The van der Waals surface area contributed by atoms with E-state index in [1.165, 1.54) is 0 Å². The average molecular weight is 286 g/mol. The van der Waals surface area contributed by atoms with E-state index >= 15 is 0 Å². The van der Waals surface area contributed by atoms with Gasteiger partial charge in [-0.05, 0) is 6.42 Å². The molecule has 1 fully saturated rings. The molecule has 0 aliphatic carbocycles. The zero-order chi connectivity index (χ0) is 9.84. The van der Waals surface area contributed by atoms with Gasteiger partial charge in [-0.15, -0.1) is 12.4 Å². The van der Waals surface area contributed by atoms with Gasteiger partial charge in [0.1, 0.15) is 0 Å². The van der Waals surface area contributed by atoms with Crippen molar-refractivity contribution in [3.8, 4) is 0 Å². The minimum atomic E-state index is -0.400. The highest BCUT2D eigenvalue weighted by molar-refractivity contribution is 9.11. The van der Waals surface area contributed by atoms with Crippen molar-refractivity contribution in [1.82, 2.24) is 10.6 Å².